The maximum atomic E-state index is 13.1. The highest BCUT2D eigenvalue weighted by molar-refractivity contribution is 7.98. The second-order valence-corrected chi connectivity index (χ2v) is 8.99. The minimum Gasteiger partial charge on any atom is -0.282 e. The van der Waals surface area contributed by atoms with Crippen molar-refractivity contribution in [3.63, 3.8) is 0 Å². The summed E-state index contributed by atoms with van der Waals surface area (Å²) in [4.78, 5) is 21.2. The Balaban J connectivity index is 2.33. The number of rotatable bonds is 4. The minimum atomic E-state index is -3.33. The largest absolute Gasteiger partial charge is 0.282 e. The monoisotopic (exact) mass is 411 g/mol. The van der Waals surface area contributed by atoms with Crippen LogP contribution in [0.3, 0.4) is 0 Å². The normalized spacial score (nSPS) is 11.2. The molecule has 2 aromatic carbocycles. The van der Waals surface area contributed by atoms with Crippen molar-refractivity contribution in [3.05, 3.63) is 75.9 Å². The van der Waals surface area contributed by atoms with Gasteiger partial charge in [-0.25, -0.2) is 18.2 Å². The molecule has 3 aromatic rings. The lowest BCUT2D eigenvalue weighted by molar-refractivity contribution is 0.602. The SMILES string of the molecule is [C-]#[N+]c1c(SC)nc(-c2ccc(S(C)(=O)=O)cc2)n(-c2ccc(C)cc2)c1=O. The van der Waals surface area contributed by atoms with Gasteiger partial charge in [0, 0.05) is 17.5 Å². The molecule has 0 atom stereocenters. The Bertz CT molecular complexity index is 1240. The van der Waals surface area contributed by atoms with Gasteiger partial charge in [0.2, 0.25) is 0 Å². The minimum absolute atomic E-state index is 0.0374. The fraction of sp³-hybridized carbons (Fsp3) is 0.150. The third kappa shape index (κ3) is 3.72. The van der Waals surface area contributed by atoms with Gasteiger partial charge in [0.25, 0.3) is 11.2 Å². The number of thioether (sulfide) groups is 1. The van der Waals surface area contributed by atoms with Crippen LogP contribution < -0.4 is 5.56 Å². The molecule has 0 amide bonds. The standard InChI is InChI=1S/C20H17N3O3S2/c1-13-5-9-15(10-6-13)23-18(22-19(27-3)17(21-2)20(23)24)14-7-11-16(12-8-14)28(4,25)26/h5-12H,1,3-4H3. The molecule has 1 aromatic heterocycles. The van der Waals surface area contributed by atoms with E-state index >= 15 is 0 Å². The molecule has 0 aliphatic carbocycles. The number of sulfone groups is 1. The van der Waals surface area contributed by atoms with E-state index in [9.17, 15) is 13.2 Å². The van der Waals surface area contributed by atoms with Crippen LogP contribution in [-0.4, -0.2) is 30.5 Å². The average molecular weight is 412 g/mol. The van der Waals surface area contributed by atoms with E-state index < -0.39 is 15.4 Å². The van der Waals surface area contributed by atoms with Gasteiger partial charge in [-0.3, -0.25) is 9.36 Å². The van der Waals surface area contributed by atoms with E-state index in [1.165, 1.54) is 28.5 Å². The lowest BCUT2D eigenvalue weighted by Gasteiger charge is -2.15. The molecule has 0 saturated heterocycles. The zero-order valence-electron chi connectivity index (χ0n) is 15.5. The summed E-state index contributed by atoms with van der Waals surface area (Å²) in [5.41, 5.74) is 1.71. The van der Waals surface area contributed by atoms with Gasteiger partial charge >= 0.3 is 0 Å². The van der Waals surface area contributed by atoms with Gasteiger partial charge in [0.05, 0.1) is 11.5 Å². The fourth-order valence-corrected chi connectivity index (χ4v) is 3.84. The smallest absolute Gasteiger partial charge is 0.282 e. The van der Waals surface area contributed by atoms with Crippen molar-refractivity contribution < 1.29 is 8.42 Å². The highest BCUT2D eigenvalue weighted by atomic mass is 32.2. The summed E-state index contributed by atoms with van der Waals surface area (Å²) in [7, 11) is -3.33. The molecule has 142 valence electrons. The molecule has 1 heterocycles. The molecule has 0 aliphatic heterocycles. The Hall–Kier alpha value is -2.89. The zero-order chi connectivity index (χ0) is 20.5. The highest BCUT2D eigenvalue weighted by Crippen LogP contribution is 2.29. The van der Waals surface area contributed by atoms with E-state index in [4.69, 9.17) is 6.57 Å². The molecule has 0 radical (unpaired) electrons. The topological polar surface area (TPSA) is 73.4 Å². The van der Waals surface area contributed by atoms with Gasteiger partial charge in [-0.2, -0.15) is 0 Å². The first-order chi connectivity index (χ1) is 13.3. The zero-order valence-corrected chi connectivity index (χ0v) is 17.1. The number of aryl methyl sites for hydroxylation is 1. The Morgan fingerprint density at radius 3 is 2.18 bits per heavy atom. The van der Waals surface area contributed by atoms with Crippen molar-refractivity contribution in [1.29, 1.82) is 0 Å². The van der Waals surface area contributed by atoms with Crippen molar-refractivity contribution in [3.8, 4) is 17.1 Å². The molecule has 0 fully saturated rings. The van der Waals surface area contributed by atoms with E-state index in [1.54, 1.807) is 30.5 Å². The number of hydrogen-bond acceptors (Lipinski definition) is 5. The van der Waals surface area contributed by atoms with Gasteiger partial charge in [0.1, 0.15) is 10.9 Å². The highest BCUT2D eigenvalue weighted by Gasteiger charge is 2.19. The Morgan fingerprint density at radius 1 is 1.07 bits per heavy atom. The molecule has 0 N–H and O–H groups in total. The first-order valence-corrected chi connectivity index (χ1v) is 11.3. The summed E-state index contributed by atoms with van der Waals surface area (Å²) in [5.74, 6) is 0.352. The van der Waals surface area contributed by atoms with Crippen LogP contribution in [0.5, 0.6) is 0 Å². The molecule has 0 saturated carbocycles. The number of aromatic nitrogens is 2. The summed E-state index contributed by atoms with van der Waals surface area (Å²) in [6.45, 7) is 9.33. The van der Waals surface area contributed by atoms with Gasteiger partial charge < -0.3 is 0 Å². The van der Waals surface area contributed by atoms with Crippen LogP contribution in [0.15, 0.2) is 63.2 Å². The van der Waals surface area contributed by atoms with Gasteiger partial charge in [-0.05, 0) is 49.6 Å². The third-order valence-corrected chi connectivity index (χ3v) is 5.97. The van der Waals surface area contributed by atoms with Crippen molar-refractivity contribution in [2.24, 2.45) is 0 Å². The number of hydrogen-bond donors (Lipinski definition) is 0. The fourth-order valence-electron chi connectivity index (χ4n) is 2.71. The molecule has 0 bridgehead atoms. The van der Waals surface area contributed by atoms with Gasteiger partial charge in [0.15, 0.2) is 9.84 Å². The van der Waals surface area contributed by atoms with Crippen molar-refractivity contribution in [2.75, 3.05) is 12.5 Å². The molecule has 0 aliphatic rings. The van der Waals surface area contributed by atoms with Crippen LogP contribution in [0.2, 0.25) is 0 Å². The molecular formula is C20H17N3O3S2. The Kier molecular flexibility index (Phi) is 5.40. The number of nitrogens with zero attached hydrogens (tertiary/aromatic N) is 3. The summed E-state index contributed by atoms with van der Waals surface area (Å²) in [5, 5.41) is 0.338. The molecule has 28 heavy (non-hydrogen) atoms. The van der Waals surface area contributed by atoms with Crippen LogP contribution in [-0.2, 0) is 9.84 Å². The second-order valence-electron chi connectivity index (χ2n) is 6.18. The Morgan fingerprint density at radius 2 is 1.68 bits per heavy atom. The second kappa shape index (κ2) is 7.62. The third-order valence-electron chi connectivity index (χ3n) is 4.17. The lowest BCUT2D eigenvalue weighted by atomic mass is 10.2. The van der Waals surface area contributed by atoms with Crippen LogP contribution in [0.4, 0.5) is 5.69 Å². The van der Waals surface area contributed by atoms with E-state index in [0.717, 1.165) is 11.8 Å². The predicted octanol–water partition coefficient (Wildman–Crippen LogP) is 3.88. The van der Waals surface area contributed by atoms with E-state index in [2.05, 4.69) is 9.83 Å². The Labute approximate surface area is 167 Å². The summed E-state index contributed by atoms with van der Waals surface area (Å²) in [6.07, 6.45) is 2.89. The molecular weight excluding hydrogens is 394 g/mol. The quantitative estimate of drug-likeness (QED) is 0.370. The molecule has 0 unspecified atom stereocenters. The summed E-state index contributed by atoms with van der Waals surface area (Å²) >= 11 is 1.22. The van der Waals surface area contributed by atoms with E-state index in [0.29, 0.717) is 22.1 Å². The number of benzene rings is 2. The van der Waals surface area contributed by atoms with Crippen LogP contribution in [0.1, 0.15) is 5.56 Å². The molecule has 3 rings (SSSR count). The lowest BCUT2D eigenvalue weighted by Crippen LogP contribution is -2.22. The van der Waals surface area contributed by atoms with E-state index in [-0.39, 0.29) is 10.6 Å². The van der Waals surface area contributed by atoms with Crippen molar-refractivity contribution in [2.45, 2.75) is 16.8 Å². The first kappa shape index (κ1) is 19.9. The molecule has 6 nitrogen and oxygen atoms in total. The molecule has 0 spiro atoms. The van der Waals surface area contributed by atoms with Gasteiger partial charge in [-0.1, -0.05) is 17.7 Å². The van der Waals surface area contributed by atoms with Crippen LogP contribution in [0, 0.1) is 13.5 Å². The van der Waals surface area contributed by atoms with Crippen LogP contribution >= 0.6 is 11.8 Å². The van der Waals surface area contributed by atoms with Gasteiger partial charge in [-0.15, -0.1) is 11.8 Å². The first-order valence-electron chi connectivity index (χ1n) is 8.22. The average Bonchev–Trinajstić information content (AvgIpc) is 2.67. The maximum Gasteiger partial charge on any atom is 0.282 e. The van der Waals surface area contributed by atoms with E-state index in [1.807, 2.05) is 19.1 Å². The van der Waals surface area contributed by atoms with Crippen molar-refractivity contribution >= 4 is 27.3 Å². The maximum absolute atomic E-state index is 13.1. The predicted molar refractivity (Wildman–Crippen MR) is 111 cm³/mol. The van der Waals surface area contributed by atoms with Crippen LogP contribution in [0.25, 0.3) is 21.9 Å². The summed E-state index contributed by atoms with van der Waals surface area (Å²) in [6, 6.07) is 13.5. The van der Waals surface area contributed by atoms with Crippen molar-refractivity contribution in [1.82, 2.24) is 9.55 Å². The summed E-state index contributed by atoms with van der Waals surface area (Å²) < 4.78 is 24.9. The molecule has 8 heteroatoms.